The van der Waals surface area contributed by atoms with Gasteiger partial charge in [0.2, 0.25) is 0 Å². The van der Waals surface area contributed by atoms with Gasteiger partial charge in [-0.15, -0.1) is 0 Å². The number of hydrogen-bond acceptors (Lipinski definition) is 2. The van der Waals surface area contributed by atoms with E-state index in [1.165, 1.54) is 0 Å². The first-order chi connectivity index (χ1) is 9.00. The summed E-state index contributed by atoms with van der Waals surface area (Å²) in [5.74, 6) is -4.85. The van der Waals surface area contributed by atoms with Gasteiger partial charge in [-0.2, -0.15) is 0 Å². The Kier molecular flexibility index (Phi) is 4.09. The highest BCUT2D eigenvalue weighted by molar-refractivity contribution is 5.94. The van der Waals surface area contributed by atoms with Gasteiger partial charge in [0, 0.05) is 12.6 Å². The third-order valence-corrected chi connectivity index (χ3v) is 3.42. The minimum Gasteiger partial charge on any atom is -0.348 e. The van der Waals surface area contributed by atoms with Gasteiger partial charge in [0.1, 0.15) is 0 Å². The number of piperidine rings is 1. The van der Waals surface area contributed by atoms with Crippen LogP contribution in [0.1, 0.15) is 23.7 Å². The predicted octanol–water partition coefficient (Wildman–Crippen LogP) is 1.83. The first kappa shape index (κ1) is 13.9. The van der Waals surface area contributed by atoms with Gasteiger partial charge in [-0.1, -0.05) is 6.92 Å². The summed E-state index contributed by atoms with van der Waals surface area (Å²) in [5.41, 5.74) is -0.475. The van der Waals surface area contributed by atoms with Crippen molar-refractivity contribution in [2.45, 2.75) is 19.4 Å². The Morgan fingerprint density at radius 2 is 2.05 bits per heavy atom. The summed E-state index contributed by atoms with van der Waals surface area (Å²) >= 11 is 0. The number of rotatable bonds is 2. The Morgan fingerprint density at radius 1 is 1.32 bits per heavy atom. The lowest BCUT2D eigenvalue weighted by molar-refractivity contribution is 0.0910. The summed E-state index contributed by atoms with van der Waals surface area (Å²) in [6, 6.07) is 1.55. The first-order valence-corrected chi connectivity index (χ1v) is 6.15. The van der Waals surface area contributed by atoms with E-state index >= 15 is 0 Å². The molecule has 1 aromatic carbocycles. The molecule has 6 heteroatoms. The van der Waals surface area contributed by atoms with E-state index in [2.05, 4.69) is 10.6 Å². The molecule has 1 aliphatic heterocycles. The fraction of sp³-hybridized carbons (Fsp3) is 0.462. The van der Waals surface area contributed by atoms with Gasteiger partial charge < -0.3 is 10.6 Å². The quantitative estimate of drug-likeness (QED) is 0.806. The van der Waals surface area contributed by atoms with E-state index in [-0.39, 0.29) is 12.0 Å². The lowest BCUT2D eigenvalue weighted by Crippen LogP contribution is -2.50. The number of benzene rings is 1. The van der Waals surface area contributed by atoms with Crippen LogP contribution in [0, 0.1) is 23.4 Å². The average Bonchev–Trinajstić information content (AvgIpc) is 2.39. The van der Waals surface area contributed by atoms with Crippen LogP contribution < -0.4 is 10.6 Å². The average molecular weight is 272 g/mol. The van der Waals surface area contributed by atoms with Crippen molar-refractivity contribution >= 4 is 5.91 Å². The minimum atomic E-state index is -1.62. The molecule has 0 spiro atoms. The maximum atomic E-state index is 13.5. The third-order valence-electron chi connectivity index (χ3n) is 3.42. The molecule has 1 aliphatic rings. The van der Waals surface area contributed by atoms with Crippen molar-refractivity contribution in [2.75, 3.05) is 13.1 Å². The molecule has 2 atom stereocenters. The topological polar surface area (TPSA) is 41.1 Å². The van der Waals surface area contributed by atoms with Gasteiger partial charge in [0.05, 0.1) is 5.56 Å². The molecule has 0 unspecified atom stereocenters. The fourth-order valence-electron chi connectivity index (χ4n) is 2.13. The predicted molar refractivity (Wildman–Crippen MR) is 64.2 cm³/mol. The number of amides is 1. The normalized spacial score (nSPS) is 23.2. The third kappa shape index (κ3) is 2.89. The maximum absolute atomic E-state index is 13.5. The summed E-state index contributed by atoms with van der Waals surface area (Å²) < 4.78 is 39.3. The molecular formula is C13H15F3N2O. The highest BCUT2D eigenvalue weighted by atomic mass is 19.2. The van der Waals surface area contributed by atoms with Crippen LogP contribution in [-0.4, -0.2) is 25.0 Å². The van der Waals surface area contributed by atoms with E-state index in [1.54, 1.807) is 0 Å². The van der Waals surface area contributed by atoms with Gasteiger partial charge in [0.25, 0.3) is 5.91 Å². The van der Waals surface area contributed by atoms with Gasteiger partial charge >= 0.3 is 0 Å². The Balaban J connectivity index is 2.14. The molecule has 1 fully saturated rings. The zero-order chi connectivity index (χ0) is 14.0. The van der Waals surface area contributed by atoms with E-state index in [0.717, 1.165) is 25.1 Å². The van der Waals surface area contributed by atoms with E-state index in [1.807, 2.05) is 6.92 Å². The molecule has 2 N–H and O–H groups in total. The molecule has 19 heavy (non-hydrogen) atoms. The van der Waals surface area contributed by atoms with Crippen LogP contribution in [0.4, 0.5) is 13.2 Å². The standard InChI is InChI=1S/C13H15F3N2O/c1-7-4-5-17-6-10(7)18-13(19)8-2-3-9(14)12(16)11(8)15/h2-3,7,10,17H,4-6H2,1H3,(H,18,19)/t7-,10-/m1/s1. The maximum Gasteiger partial charge on any atom is 0.254 e. The smallest absolute Gasteiger partial charge is 0.254 e. The molecule has 104 valence electrons. The molecule has 2 rings (SSSR count). The lowest BCUT2D eigenvalue weighted by atomic mass is 9.94. The minimum absolute atomic E-state index is 0.145. The van der Waals surface area contributed by atoms with E-state index in [0.29, 0.717) is 6.54 Å². The molecule has 0 radical (unpaired) electrons. The summed E-state index contributed by atoms with van der Waals surface area (Å²) in [7, 11) is 0. The van der Waals surface area contributed by atoms with Crippen LogP contribution in [0.5, 0.6) is 0 Å². The molecule has 0 bridgehead atoms. The van der Waals surface area contributed by atoms with Crippen molar-refractivity contribution in [3.63, 3.8) is 0 Å². The number of nitrogens with one attached hydrogen (secondary N) is 2. The molecule has 0 aliphatic carbocycles. The molecular weight excluding hydrogens is 257 g/mol. The number of carbonyl (C=O) groups excluding carboxylic acids is 1. The van der Waals surface area contributed by atoms with Crippen molar-refractivity contribution in [3.8, 4) is 0 Å². The van der Waals surface area contributed by atoms with Gasteiger partial charge in [-0.3, -0.25) is 4.79 Å². The van der Waals surface area contributed by atoms with Crippen LogP contribution in [0.15, 0.2) is 12.1 Å². The zero-order valence-corrected chi connectivity index (χ0v) is 10.5. The molecule has 0 aromatic heterocycles. The second kappa shape index (κ2) is 5.61. The Morgan fingerprint density at radius 3 is 2.74 bits per heavy atom. The van der Waals surface area contributed by atoms with Crippen molar-refractivity contribution in [1.82, 2.24) is 10.6 Å². The Labute approximate surface area is 109 Å². The van der Waals surface area contributed by atoms with Crippen molar-refractivity contribution < 1.29 is 18.0 Å². The summed E-state index contributed by atoms with van der Waals surface area (Å²) in [4.78, 5) is 11.9. The summed E-state index contributed by atoms with van der Waals surface area (Å²) in [5, 5.41) is 5.76. The molecule has 3 nitrogen and oxygen atoms in total. The van der Waals surface area contributed by atoms with Crippen molar-refractivity contribution in [1.29, 1.82) is 0 Å². The Hall–Kier alpha value is -1.56. The van der Waals surface area contributed by atoms with Crippen LogP contribution >= 0.6 is 0 Å². The van der Waals surface area contributed by atoms with Crippen LogP contribution in [-0.2, 0) is 0 Å². The molecule has 0 saturated carbocycles. The SMILES string of the molecule is C[C@@H]1CCNC[C@H]1NC(=O)c1ccc(F)c(F)c1F. The van der Waals surface area contributed by atoms with Crippen LogP contribution in [0.2, 0.25) is 0 Å². The van der Waals surface area contributed by atoms with Crippen LogP contribution in [0.25, 0.3) is 0 Å². The molecule has 1 saturated heterocycles. The van der Waals surface area contributed by atoms with Gasteiger partial charge in [-0.25, -0.2) is 13.2 Å². The Bertz CT molecular complexity index is 493. The fourth-order valence-corrected chi connectivity index (χ4v) is 2.13. The monoisotopic (exact) mass is 272 g/mol. The summed E-state index contributed by atoms with van der Waals surface area (Å²) in [6.07, 6.45) is 0.894. The van der Waals surface area contributed by atoms with Crippen molar-refractivity contribution in [2.24, 2.45) is 5.92 Å². The van der Waals surface area contributed by atoms with Crippen LogP contribution in [0.3, 0.4) is 0 Å². The number of halogens is 3. The van der Waals surface area contributed by atoms with Gasteiger partial charge in [-0.05, 0) is 31.0 Å². The second-order valence-corrected chi connectivity index (χ2v) is 4.77. The number of carbonyl (C=O) groups is 1. The molecule has 1 amide bonds. The van der Waals surface area contributed by atoms with E-state index in [4.69, 9.17) is 0 Å². The van der Waals surface area contributed by atoms with Gasteiger partial charge in [0.15, 0.2) is 17.5 Å². The van der Waals surface area contributed by atoms with E-state index in [9.17, 15) is 18.0 Å². The molecule has 1 aromatic rings. The lowest BCUT2D eigenvalue weighted by Gasteiger charge is -2.30. The van der Waals surface area contributed by atoms with Crippen molar-refractivity contribution in [3.05, 3.63) is 35.1 Å². The first-order valence-electron chi connectivity index (χ1n) is 6.15. The van der Waals surface area contributed by atoms with E-state index < -0.39 is 28.9 Å². The summed E-state index contributed by atoms with van der Waals surface area (Å²) in [6.45, 7) is 3.43. The largest absolute Gasteiger partial charge is 0.348 e. The number of hydrogen-bond donors (Lipinski definition) is 2. The molecule has 1 heterocycles. The highest BCUT2D eigenvalue weighted by Gasteiger charge is 2.25. The zero-order valence-electron chi connectivity index (χ0n) is 10.5. The highest BCUT2D eigenvalue weighted by Crippen LogP contribution is 2.17. The second-order valence-electron chi connectivity index (χ2n) is 4.77.